The Bertz CT molecular complexity index is 448. The highest BCUT2D eigenvalue weighted by molar-refractivity contribution is 7.91. The Morgan fingerprint density at radius 2 is 2.11 bits per heavy atom. The zero-order valence-electron chi connectivity index (χ0n) is 10.9. The minimum Gasteiger partial charge on any atom is -0.480 e. The third-order valence-corrected chi connectivity index (χ3v) is 4.91. The van der Waals surface area contributed by atoms with Crippen LogP contribution in [0.3, 0.4) is 0 Å². The summed E-state index contributed by atoms with van der Waals surface area (Å²) in [6, 6.07) is -1.34. The van der Waals surface area contributed by atoms with Crippen molar-refractivity contribution in [3.05, 3.63) is 0 Å². The highest BCUT2D eigenvalue weighted by Crippen LogP contribution is 2.19. The number of carbonyl (C=O) groups excluding carboxylic acids is 1. The second kappa shape index (κ2) is 6.33. The minimum atomic E-state index is -3.18. The summed E-state index contributed by atoms with van der Waals surface area (Å²) >= 11 is 0. The quantitative estimate of drug-likeness (QED) is 0.662. The van der Waals surface area contributed by atoms with Gasteiger partial charge in [-0.05, 0) is 12.8 Å². The summed E-state index contributed by atoms with van der Waals surface area (Å²) in [6.07, 6.45) is 1.44. The van der Waals surface area contributed by atoms with Gasteiger partial charge >= 0.3 is 5.97 Å². The predicted molar refractivity (Wildman–Crippen MR) is 69.3 cm³/mol. The number of hydrogen-bond donors (Lipinski definition) is 2. The van der Waals surface area contributed by atoms with Gasteiger partial charge in [-0.25, -0.2) is 8.42 Å². The molecule has 0 aromatic heterocycles. The van der Waals surface area contributed by atoms with Crippen molar-refractivity contribution in [1.82, 2.24) is 4.90 Å². The van der Waals surface area contributed by atoms with Gasteiger partial charge in [-0.15, -0.1) is 0 Å². The summed E-state index contributed by atoms with van der Waals surface area (Å²) in [4.78, 5) is 24.0. The number of amides is 1. The molecule has 0 aliphatic carbocycles. The molecule has 110 valence electrons. The number of carboxylic acid groups (broad SMARTS) is 1. The van der Waals surface area contributed by atoms with E-state index in [1.165, 1.54) is 0 Å². The average molecular weight is 292 g/mol. The van der Waals surface area contributed by atoms with E-state index in [2.05, 4.69) is 0 Å². The molecule has 0 spiro atoms. The highest BCUT2D eigenvalue weighted by atomic mass is 32.2. The average Bonchev–Trinajstić information content (AvgIpc) is 2.65. The fourth-order valence-corrected chi connectivity index (χ4v) is 3.93. The number of hydrogen-bond acceptors (Lipinski definition) is 5. The van der Waals surface area contributed by atoms with Crippen LogP contribution < -0.4 is 5.73 Å². The van der Waals surface area contributed by atoms with Gasteiger partial charge in [0.15, 0.2) is 9.84 Å². The number of nitrogens with zero attached hydrogens (tertiary/aromatic N) is 1. The van der Waals surface area contributed by atoms with Gasteiger partial charge in [-0.2, -0.15) is 0 Å². The van der Waals surface area contributed by atoms with Gasteiger partial charge in [0.05, 0.1) is 17.5 Å². The number of carboxylic acids is 1. The number of carbonyl (C=O) groups is 2. The van der Waals surface area contributed by atoms with E-state index >= 15 is 0 Å². The van der Waals surface area contributed by atoms with E-state index in [9.17, 15) is 18.0 Å². The Kier molecular flexibility index (Phi) is 5.30. The van der Waals surface area contributed by atoms with E-state index in [4.69, 9.17) is 10.8 Å². The molecule has 0 radical (unpaired) electrons. The van der Waals surface area contributed by atoms with Crippen molar-refractivity contribution in [2.45, 2.75) is 38.3 Å². The van der Waals surface area contributed by atoms with Crippen molar-refractivity contribution in [2.24, 2.45) is 5.73 Å². The number of aliphatic carboxylic acids is 1. The van der Waals surface area contributed by atoms with Crippen LogP contribution in [0.25, 0.3) is 0 Å². The van der Waals surface area contributed by atoms with Crippen LogP contribution in [0.1, 0.15) is 26.2 Å². The molecule has 1 saturated heterocycles. The van der Waals surface area contributed by atoms with Crippen LogP contribution in [-0.4, -0.2) is 60.4 Å². The fraction of sp³-hybridized carbons (Fsp3) is 0.818. The summed E-state index contributed by atoms with van der Waals surface area (Å²) in [5, 5.41) is 8.85. The van der Waals surface area contributed by atoms with E-state index < -0.39 is 40.3 Å². The largest absolute Gasteiger partial charge is 0.480 e. The molecule has 2 atom stereocenters. The summed E-state index contributed by atoms with van der Waals surface area (Å²) in [5.41, 5.74) is 5.71. The third kappa shape index (κ3) is 4.46. The molecule has 1 aliphatic heterocycles. The van der Waals surface area contributed by atoms with Crippen molar-refractivity contribution in [2.75, 3.05) is 18.1 Å². The van der Waals surface area contributed by atoms with Gasteiger partial charge in [-0.3, -0.25) is 9.59 Å². The second-order valence-corrected chi connectivity index (χ2v) is 7.04. The SMILES string of the molecule is CCCC(N)C(=O)N(CC(=O)O)C1CCS(=O)(=O)C1. The molecular weight excluding hydrogens is 272 g/mol. The van der Waals surface area contributed by atoms with E-state index in [1.807, 2.05) is 6.92 Å². The van der Waals surface area contributed by atoms with Gasteiger partial charge in [0.2, 0.25) is 5.91 Å². The Morgan fingerprint density at radius 1 is 1.47 bits per heavy atom. The summed E-state index contributed by atoms with van der Waals surface area (Å²) < 4.78 is 22.9. The van der Waals surface area contributed by atoms with Gasteiger partial charge in [0.25, 0.3) is 0 Å². The molecule has 1 fully saturated rings. The lowest BCUT2D eigenvalue weighted by molar-refractivity contribution is -0.146. The van der Waals surface area contributed by atoms with Crippen LogP contribution in [0.15, 0.2) is 0 Å². The summed E-state index contributed by atoms with van der Waals surface area (Å²) in [7, 11) is -3.18. The summed E-state index contributed by atoms with van der Waals surface area (Å²) in [6.45, 7) is 1.37. The Labute approximate surface area is 112 Å². The number of rotatable bonds is 6. The van der Waals surface area contributed by atoms with Crippen molar-refractivity contribution in [3.8, 4) is 0 Å². The third-order valence-electron chi connectivity index (χ3n) is 3.15. The molecule has 7 nitrogen and oxygen atoms in total. The van der Waals surface area contributed by atoms with Gasteiger partial charge in [0.1, 0.15) is 6.54 Å². The van der Waals surface area contributed by atoms with Gasteiger partial charge in [0, 0.05) is 6.04 Å². The van der Waals surface area contributed by atoms with Gasteiger partial charge in [-0.1, -0.05) is 13.3 Å². The highest BCUT2D eigenvalue weighted by Gasteiger charge is 2.36. The fourth-order valence-electron chi connectivity index (χ4n) is 2.20. The van der Waals surface area contributed by atoms with Crippen LogP contribution in [0, 0.1) is 0 Å². The zero-order valence-corrected chi connectivity index (χ0v) is 11.7. The Hall–Kier alpha value is -1.15. The molecule has 0 aromatic rings. The molecular formula is C11H20N2O5S. The molecule has 0 saturated carbocycles. The van der Waals surface area contributed by atoms with E-state index in [0.29, 0.717) is 12.8 Å². The lowest BCUT2D eigenvalue weighted by Gasteiger charge is -2.29. The second-order valence-electron chi connectivity index (χ2n) is 4.81. The van der Waals surface area contributed by atoms with Crippen molar-refractivity contribution in [3.63, 3.8) is 0 Å². The van der Waals surface area contributed by atoms with Gasteiger partial charge < -0.3 is 15.7 Å². The first-order chi connectivity index (χ1) is 8.76. The molecule has 1 aliphatic rings. The predicted octanol–water partition coefficient (Wildman–Crippen LogP) is -0.786. The monoisotopic (exact) mass is 292 g/mol. The van der Waals surface area contributed by atoms with Crippen molar-refractivity contribution < 1.29 is 23.1 Å². The topological polar surface area (TPSA) is 118 Å². The number of sulfone groups is 1. The molecule has 19 heavy (non-hydrogen) atoms. The standard InChI is InChI=1S/C11H20N2O5S/c1-2-3-9(12)11(16)13(6-10(14)15)8-4-5-19(17,18)7-8/h8-9H,2-7,12H2,1H3,(H,14,15). The molecule has 8 heteroatoms. The minimum absolute atomic E-state index is 0.00984. The first kappa shape index (κ1) is 15.9. The molecule has 3 N–H and O–H groups in total. The van der Waals surface area contributed by atoms with Crippen LogP contribution >= 0.6 is 0 Å². The smallest absolute Gasteiger partial charge is 0.323 e. The van der Waals surface area contributed by atoms with Crippen molar-refractivity contribution in [1.29, 1.82) is 0 Å². The maximum Gasteiger partial charge on any atom is 0.323 e. The molecule has 1 rings (SSSR count). The first-order valence-corrected chi connectivity index (χ1v) is 8.07. The maximum absolute atomic E-state index is 12.1. The summed E-state index contributed by atoms with van der Waals surface area (Å²) in [5.74, 6) is -1.83. The molecule has 0 aromatic carbocycles. The molecule has 1 heterocycles. The number of nitrogens with two attached hydrogens (primary N) is 1. The van der Waals surface area contributed by atoms with E-state index in [0.717, 1.165) is 4.90 Å². The Morgan fingerprint density at radius 3 is 2.53 bits per heavy atom. The van der Waals surface area contributed by atoms with Crippen LogP contribution in [0.5, 0.6) is 0 Å². The Balaban J connectivity index is 2.83. The van der Waals surface area contributed by atoms with Crippen LogP contribution in [0.4, 0.5) is 0 Å². The normalized spacial score (nSPS) is 22.9. The first-order valence-electron chi connectivity index (χ1n) is 6.25. The van der Waals surface area contributed by atoms with E-state index in [-0.39, 0.29) is 17.9 Å². The lowest BCUT2D eigenvalue weighted by Crippen LogP contribution is -2.51. The molecule has 2 unspecified atom stereocenters. The van der Waals surface area contributed by atoms with Crippen LogP contribution in [0.2, 0.25) is 0 Å². The zero-order chi connectivity index (χ0) is 14.6. The van der Waals surface area contributed by atoms with Crippen molar-refractivity contribution >= 4 is 21.7 Å². The molecule has 0 bridgehead atoms. The van der Waals surface area contributed by atoms with Crippen LogP contribution in [-0.2, 0) is 19.4 Å². The lowest BCUT2D eigenvalue weighted by atomic mass is 10.1. The molecule has 1 amide bonds. The maximum atomic E-state index is 12.1. The van der Waals surface area contributed by atoms with E-state index in [1.54, 1.807) is 0 Å².